The van der Waals surface area contributed by atoms with Crippen LogP contribution in [-0.4, -0.2) is 37.8 Å². The molecule has 2 aromatic rings. The van der Waals surface area contributed by atoms with E-state index in [9.17, 15) is 8.78 Å². The Balaban J connectivity index is 1.95. The maximum Gasteiger partial charge on any atom is 0.387 e. The first-order chi connectivity index (χ1) is 13.1. The molecule has 0 radical (unpaired) electrons. The van der Waals surface area contributed by atoms with Gasteiger partial charge in [0.2, 0.25) is 0 Å². The van der Waals surface area contributed by atoms with E-state index in [-0.39, 0.29) is 18.0 Å². The van der Waals surface area contributed by atoms with Crippen molar-refractivity contribution in [3.05, 3.63) is 53.9 Å². The van der Waals surface area contributed by atoms with Crippen molar-refractivity contribution in [2.75, 3.05) is 20.2 Å². The van der Waals surface area contributed by atoms with Gasteiger partial charge < -0.3 is 20.1 Å². The first-order valence-corrected chi connectivity index (χ1v) is 8.67. The number of ether oxygens (including phenoxy) is 2. The number of rotatable bonds is 9. The summed E-state index contributed by atoms with van der Waals surface area (Å²) < 4.78 is 35.6. The van der Waals surface area contributed by atoms with Crippen molar-refractivity contribution in [1.29, 1.82) is 0 Å². The van der Waals surface area contributed by atoms with E-state index in [2.05, 4.69) is 25.3 Å². The van der Waals surface area contributed by atoms with Gasteiger partial charge in [-0.25, -0.2) is 0 Å². The molecule has 0 aliphatic rings. The lowest BCUT2D eigenvalue weighted by atomic mass is 10.2. The van der Waals surface area contributed by atoms with Crippen LogP contribution in [0.5, 0.6) is 11.5 Å². The third-order valence-electron chi connectivity index (χ3n) is 3.67. The van der Waals surface area contributed by atoms with Crippen LogP contribution < -0.4 is 20.1 Å². The molecule has 0 amide bonds. The fraction of sp³-hybridized carbons (Fsp3) is 0.368. The number of aromatic nitrogens is 1. The Morgan fingerprint density at radius 1 is 1.22 bits per heavy atom. The highest BCUT2D eigenvalue weighted by molar-refractivity contribution is 5.79. The highest BCUT2D eigenvalue weighted by Crippen LogP contribution is 2.32. The zero-order valence-electron chi connectivity index (χ0n) is 15.4. The monoisotopic (exact) mass is 378 g/mol. The van der Waals surface area contributed by atoms with Gasteiger partial charge >= 0.3 is 6.61 Å². The summed E-state index contributed by atoms with van der Waals surface area (Å²) in [4.78, 5) is 8.22. The van der Waals surface area contributed by atoms with Crippen LogP contribution in [0.25, 0.3) is 0 Å². The standard InChI is InChI=1S/C19H24F2N4O2/c1-3-26-16-8-4-7-15(17(16)27-18(20)21)13-25-19(22-2)24-11-9-14-6-5-10-23-12-14/h4-8,10,12,18H,3,9,11,13H2,1-2H3,(H2,22,24,25). The average Bonchev–Trinajstić information content (AvgIpc) is 2.67. The van der Waals surface area contributed by atoms with Gasteiger partial charge in [0.25, 0.3) is 0 Å². The molecular formula is C19H24F2N4O2. The molecule has 2 rings (SSSR count). The van der Waals surface area contributed by atoms with Gasteiger partial charge in [-0.3, -0.25) is 9.98 Å². The number of benzene rings is 1. The summed E-state index contributed by atoms with van der Waals surface area (Å²) in [5.74, 6) is 0.882. The Bertz CT molecular complexity index is 727. The number of alkyl halides is 2. The average molecular weight is 378 g/mol. The van der Waals surface area contributed by atoms with Crippen LogP contribution in [0.1, 0.15) is 18.1 Å². The molecule has 146 valence electrons. The largest absolute Gasteiger partial charge is 0.490 e. The number of pyridine rings is 1. The summed E-state index contributed by atoms with van der Waals surface area (Å²) in [6, 6.07) is 8.93. The van der Waals surface area contributed by atoms with Crippen LogP contribution in [0.4, 0.5) is 8.78 Å². The van der Waals surface area contributed by atoms with E-state index in [0.29, 0.717) is 24.7 Å². The third kappa shape index (κ3) is 6.73. The summed E-state index contributed by atoms with van der Waals surface area (Å²) in [5.41, 5.74) is 1.66. The van der Waals surface area contributed by atoms with Crippen LogP contribution >= 0.6 is 0 Å². The smallest absolute Gasteiger partial charge is 0.387 e. The first kappa shape index (κ1) is 20.4. The second-order valence-corrected chi connectivity index (χ2v) is 5.52. The highest BCUT2D eigenvalue weighted by Gasteiger charge is 2.15. The fourth-order valence-corrected chi connectivity index (χ4v) is 2.46. The molecule has 0 saturated heterocycles. The second kappa shape index (κ2) is 10.9. The van der Waals surface area contributed by atoms with Gasteiger partial charge in [0.05, 0.1) is 6.61 Å². The molecule has 1 heterocycles. The number of aliphatic imine (C=N–C) groups is 1. The summed E-state index contributed by atoms with van der Waals surface area (Å²) in [5, 5.41) is 6.28. The first-order valence-electron chi connectivity index (χ1n) is 8.67. The molecule has 0 saturated carbocycles. The lowest BCUT2D eigenvalue weighted by Gasteiger charge is -2.17. The molecule has 0 atom stereocenters. The number of nitrogens with zero attached hydrogens (tertiary/aromatic N) is 2. The highest BCUT2D eigenvalue weighted by atomic mass is 19.3. The number of guanidine groups is 1. The summed E-state index contributed by atoms with van der Waals surface area (Å²) in [7, 11) is 1.65. The molecule has 0 unspecified atom stereocenters. The molecule has 2 N–H and O–H groups in total. The third-order valence-corrected chi connectivity index (χ3v) is 3.67. The molecule has 1 aromatic heterocycles. The molecule has 1 aromatic carbocycles. The molecule has 0 bridgehead atoms. The van der Waals surface area contributed by atoms with Crippen molar-refractivity contribution in [3.63, 3.8) is 0 Å². The van der Waals surface area contributed by atoms with Crippen LogP contribution in [0.2, 0.25) is 0 Å². The van der Waals surface area contributed by atoms with Gasteiger partial charge in [-0.15, -0.1) is 0 Å². The summed E-state index contributed by atoms with van der Waals surface area (Å²) in [6.07, 6.45) is 4.33. The molecule has 0 fully saturated rings. The predicted molar refractivity (Wildman–Crippen MR) is 100 cm³/mol. The Kier molecular flexibility index (Phi) is 8.28. The Labute approximate surface area is 157 Å². The minimum absolute atomic E-state index is 0.0349. The van der Waals surface area contributed by atoms with Gasteiger partial charge in [0, 0.05) is 38.1 Å². The lowest BCUT2D eigenvalue weighted by molar-refractivity contribution is -0.0520. The Morgan fingerprint density at radius 3 is 2.74 bits per heavy atom. The summed E-state index contributed by atoms with van der Waals surface area (Å²) in [6.45, 7) is 0.127. The van der Waals surface area contributed by atoms with Crippen molar-refractivity contribution in [3.8, 4) is 11.5 Å². The molecule has 0 aliphatic carbocycles. The van der Waals surface area contributed by atoms with Crippen molar-refractivity contribution in [2.24, 2.45) is 4.99 Å². The van der Waals surface area contributed by atoms with E-state index in [1.54, 1.807) is 38.4 Å². The molecule has 0 aliphatic heterocycles. The maximum absolute atomic E-state index is 12.8. The molecule has 0 spiro atoms. The quantitative estimate of drug-likeness (QED) is 0.519. The van der Waals surface area contributed by atoms with E-state index in [1.807, 2.05) is 18.3 Å². The van der Waals surface area contributed by atoms with Gasteiger partial charge in [0.15, 0.2) is 17.5 Å². The van der Waals surface area contributed by atoms with Crippen molar-refractivity contribution < 1.29 is 18.3 Å². The Morgan fingerprint density at radius 2 is 2.07 bits per heavy atom. The SMILES string of the molecule is CCOc1cccc(CNC(=NC)NCCc2cccnc2)c1OC(F)F. The minimum Gasteiger partial charge on any atom is -0.490 e. The number of para-hydroxylation sites is 1. The minimum atomic E-state index is -2.93. The van der Waals surface area contributed by atoms with Gasteiger partial charge in [-0.05, 0) is 31.0 Å². The molecule has 6 nitrogen and oxygen atoms in total. The van der Waals surface area contributed by atoms with Crippen molar-refractivity contribution in [1.82, 2.24) is 15.6 Å². The van der Waals surface area contributed by atoms with Crippen LogP contribution in [0, 0.1) is 0 Å². The van der Waals surface area contributed by atoms with Crippen LogP contribution in [0.3, 0.4) is 0 Å². The van der Waals surface area contributed by atoms with E-state index in [0.717, 1.165) is 12.0 Å². The zero-order chi connectivity index (χ0) is 19.5. The predicted octanol–water partition coefficient (Wildman–Crippen LogP) is 2.99. The van der Waals surface area contributed by atoms with E-state index < -0.39 is 6.61 Å². The Hall–Kier alpha value is -2.90. The van der Waals surface area contributed by atoms with Gasteiger partial charge in [0.1, 0.15) is 0 Å². The van der Waals surface area contributed by atoms with Gasteiger partial charge in [-0.2, -0.15) is 8.78 Å². The molecule has 8 heteroatoms. The fourth-order valence-electron chi connectivity index (χ4n) is 2.46. The topological polar surface area (TPSA) is 67.8 Å². The van der Waals surface area contributed by atoms with Crippen molar-refractivity contribution in [2.45, 2.75) is 26.5 Å². The van der Waals surface area contributed by atoms with E-state index in [1.165, 1.54) is 0 Å². The second-order valence-electron chi connectivity index (χ2n) is 5.52. The zero-order valence-corrected chi connectivity index (χ0v) is 15.4. The lowest BCUT2D eigenvalue weighted by Crippen LogP contribution is -2.38. The van der Waals surface area contributed by atoms with Gasteiger partial charge in [-0.1, -0.05) is 18.2 Å². The van der Waals surface area contributed by atoms with Crippen molar-refractivity contribution >= 4 is 5.96 Å². The van der Waals surface area contributed by atoms with E-state index >= 15 is 0 Å². The van der Waals surface area contributed by atoms with E-state index in [4.69, 9.17) is 4.74 Å². The maximum atomic E-state index is 12.8. The molecular weight excluding hydrogens is 354 g/mol. The number of hydrogen-bond donors (Lipinski definition) is 2. The normalized spacial score (nSPS) is 11.4. The van der Waals surface area contributed by atoms with Crippen LogP contribution in [0.15, 0.2) is 47.7 Å². The van der Waals surface area contributed by atoms with Crippen LogP contribution in [-0.2, 0) is 13.0 Å². The summed E-state index contributed by atoms with van der Waals surface area (Å²) >= 11 is 0. The molecule has 27 heavy (non-hydrogen) atoms. The number of halogens is 2. The number of hydrogen-bond acceptors (Lipinski definition) is 4. The number of nitrogens with one attached hydrogen (secondary N) is 2.